The van der Waals surface area contributed by atoms with Gasteiger partial charge >= 0.3 is 219 Å². The summed E-state index contributed by atoms with van der Waals surface area (Å²) >= 11 is -2.31. The molecule has 0 amide bonds. The molecule has 0 bridgehead atoms. The van der Waals surface area contributed by atoms with Crippen molar-refractivity contribution in [3.63, 3.8) is 0 Å². The van der Waals surface area contributed by atoms with Crippen molar-refractivity contribution in [1.82, 2.24) is 0 Å². The molecule has 0 aliphatic heterocycles. The number of benzene rings is 3. The van der Waals surface area contributed by atoms with Crippen molar-refractivity contribution in [3.8, 4) is 0 Å². The summed E-state index contributed by atoms with van der Waals surface area (Å²) in [5.41, 5.74) is 4.44. The van der Waals surface area contributed by atoms with Crippen LogP contribution in [0.1, 0.15) is 77.5 Å². The van der Waals surface area contributed by atoms with Crippen LogP contribution in [0, 0.1) is 17.8 Å². The number of rotatable bonds is 12. The van der Waals surface area contributed by atoms with Crippen molar-refractivity contribution in [2.24, 2.45) is 17.8 Å². The molecule has 3 aromatic rings. The second kappa shape index (κ2) is 13.6. The minimum atomic E-state index is -2.31. The van der Waals surface area contributed by atoms with Gasteiger partial charge in [0.1, 0.15) is 0 Å². The molecule has 0 aromatic heterocycles. The van der Waals surface area contributed by atoms with Crippen molar-refractivity contribution in [3.05, 3.63) is 89.5 Å². The molecule has 0 unspecified atom stereocenters. The van der Waals surface area contributed by atoms with Crippen molar-refractivity contribution < 1.29 is 0 Å². The predicted octanol–water partition coefficient (Wildman–Crippen LogP) is 6.97. The Morgan fingerprint density at radius 1 is 0.412 bits per heavy atom. The molecule has 0 N–H and O–H groups in total. The first kappa shape index (κ1) is 27.1. The summed E-state index contributed by atoms with van der Waals surface area (Å²) in [6.07, 6.45) is 7.36. The summed E-state index contributed by atoms with van der Waals surface area (Å²) < 4.78 is 4.77. The molecule has 0 fully saturated rings. The number of aryl methyl sites for hydroxylation is 3. The van der Waals surface area contributed by atoms with Crippen LogP contribution in [-0.2, 0) is 19.3 Å². The van der Waals surface area contributed by atoms with Crippen LogP contribution >= 0.6 is 0 Å². The summed E-state index contributed by atoms with van der Waals surface area (Å²) in [6.45, 7) is 13.9. The summed E-state index contributed by atoms with van der Waals surface area (Å²) in [4.78, 5) is 0. The Bertz CT molecular complexity index is 831. The van der Waals surface area contributed by atoms with Crippen LogP contribution in [0.3, 0.4) is 0 Å². The zero-order chi connectivity index (χ0) is 24.5. The minimum absolute atomic E-state index is 0.759. The van der Waals surface area contributed by atoms with E-state index in [1.54, 1.807) is 9.81 Å². The summed E-state index contributed by atoms with van der Waals surface area (Å²) in [7, 11) is 0. The molecule has 0 saturated carbocycles. The van der Waals surface area contributed by atoms with E-state index in [1.165, 1.54) is 55.2 Å². The van der Waals surface area contributed by atoms with Gasteiger partial charge in [0.05, 0.1) is 0 Å². The Balaban J connectivity index is 1.87. The van der Waals surface area contributed by atoms with Crippen LogP contribution in [0.5, 0.6) is 0 Å². The van der Waals surface area contributed by atoms with Gasteiger partial charge in [-0.05, 0) is 0 Å². The fraction of sp³-hybridized carbons (Fsp3) is 0.455. The third-order valence-electron chi connectivity index (χ3n) is 6.61. The predicted molar refractivity (Wildman–Crippen MR) is 153 cm³/mol. The van der Waals surface area contributed by atoms with E-state index in [4.69, 9.17) is 0 Å². The molecule has 182 valence electrons. The second-order valence-corrected chi connectivity index (χ2v) is 19.8. The zero-order valence-electron chi connectivity index (χ0n) is 22.4. The molecular formula is C33H45Bi. The van der Waals surface area contributed by atoms with Gasteiger partial charge in [-0.15, -0.1) is 0 Å². The van der Waals surface area contributed by atoms with Crippen LogP contribution in [0.2, 0.25) is 0 Å². The van der Waals surface area contributed by atoms with Gasteiger partial charge in [0.25, 0.3) is 0 Å². The molecule has 0 aliphatic rings. The number of hydrogen-bond acceptors (Lipinski definition) is 0. The fourth-order valence-electron chi connectivity index (χ4n) is 4.25. The molecule has 1 heteroatoms. The van der Waals surface area contributed by atoms with Gasteiger partial charge in [-0.3, -0.25) is 0 Å². The van der Waals surface area contributed by atoms with Crippen LogP contribution in [0.15, 0.2) is 72.8 Å². The van der Waals surface area contributed by atoms with E-state index in [1.807, 2.05) is 0 Å². The summed E-state index contributed by atoms with van der Waals surface area (Å²) in [5.74, 6) is 2.28. The molecule has 3 aromatic carbocycles. The van der Waals surface area contributed by atoms with Crippen LogP contribution < -0.4 is 9.81 Å². The number of hydrogen-bond donors (Lipinski definition) is 0. The first-order chi connectivity index (χ1) is 16.3. The molecule has 0 aliphatic carbocycles. The van der Waals surface area contributed by atoms with Crippen LogP contribution in [0.25, 0.3) is 0 Å². The van der Waals surface area contributed by atoms with Gasteiger partial charge in [-0.1, -0.05) is 0 Å². The SMILES string of the molecule is CC(C)CCc1cc[c]([Bi]([c]2ccc(CCC(C)C)cc2)[c]2ccc(CCC(C)C)cc2)cc1. The molecular weight excluding hydrogens is 605 g/mol. The molecule has 3 rings (SSSR count). The van der Waals surface area contributed by atoms with E-state index in [0.717, 1.165) is 17.8 Å². The topological polar surface area (TPSA) is 0 Å². The molecule has 0 spiro atoms. The Kier molecular flexibility index (Phi) is 10.8. The third kappa shape index (κ3) is 8.64. The van der Waals surface area contributed by atoms with E-state index in [9.17, 15) is 0 Å². The van der Waals surface area contributed by atoms with E-state index < -0.39 is 21.8 Å². The molecule has 0 radical (unpaired) electrons. The summed E-state index contributed by atoms with van der Waals surface area (Å²) in [5, 5.41) is 0. The molecule has 0 atom stereocenters. The van der Waals surface area contributed by atoms with Gasteiger partial charge < -0.3 is 0 Å². The van der Waals surface area contributed by atoms with Crippen molar-refractivity contribution in [2.75, 3.05) is 0 Å². The second-order valence-electron chi connectivity index (χ2n) is 11.1. The van der Waals surface area contributed by atoms with Crippen molar-refractivity contribution >= 4 is 31.6 Å². The van der Waals surface area contributed by atoms with Gasteiger partial charge in [0.2, 0.25) is 0 Å². The Labute approximate surface area is 217 Å². The van der Waals surface area contributed by atoms with Crippen molar-refractivity contribution in [1.29, 1.82) is 0 Å². The average Bonchev–Trinajstić information content (AvgIpc) is 2.82. The maximum absolute atomic E-state index is 2.45. The molecule has 0 nitrogen and oxygen atoms in total. The quantitative estimate of drug-likeness (QED) is 0.186. The normalized spacial score (nSPS) is 11.8. The maximum atomic E-state index is 2.45. The standard InChI is InChI=1S/3C11H15.Bi/c3*1-10(2)8-9-11-6-4-3-5-7-11;/h3*4-7,10H,8-9H2,1-2H3;. The van der Waals surface area contributed by atoms with E-state index in [-0.39, 0.29) is 0 Å². The summed E-state index contributed by atoms with van der Waals surface area (Å²) in [6, 6.07) is 29.1. The van der Waals surface area contributed by atoms with Gasteiger partial charge in [0, 0.05) is 0 Å². The van der Waals surface area contributed by atoms with Crippen LogP contribution in [-0.4, -0.2) is 21.8 Å². The zero-order valence-corrected chi connectivity index (χ0v) is 25.8. The van der Waals surface area contributed by atoms with E-state index in [0.29, 0.717) is 0 Å². The Hall–Kier alpha value is -1.46. The van der Waals surface area contributed by atoms with Gasteiger partial charge in [-0.25, -0.2) is 0 Å². The average molecular weight is 651 g/mol. The van der Waals surface area contributed by atoms with Gasteiger partial charge in [0.15, 0.2) is 0 Å². The Morgan fingerprint density at radius 2 is 0.647 bits per heavy atom. The fourth-order valence-corrected chi connectivity index (χ4v) is 12.9. The first-order valence-electron chi connectivity index (χ1n) is 13.4. The molecule has 0 heterocycles. The van der Waals surface area contributed by atoms with E-state index in [2.05, 4.69) is 114 Å². The monoisotopic (exact) mass is 650 g/mol. The van der Waals surface area contributed by atoms with Crippen molar-refractivity contribution in [2.45, 2.75) is 80.1 Å². The van der Waals surface area contributed by atoms with E-state index >= 15 is 0 Å². The Morgan fingerprint density at radius 3 is 0.853 bits per heavy atom. The van der Waals surface area contributed by atoms with Crippen LogP contribution in [0.4, 0.5) is 0 Å². The molecule has 34 heavy (non-hydrogen) atoms. The molecule has 0 saturated heterocycles. The van der Waals surface area contributed by atoms with Gasteiger partial charge in [-0.2, -0.15) is 0 Å². The first-order valence-corrected chi connectivity index (χ1v) is 18.6. The third-order valence-corrected chi connectivity index (χ3v) is 16.1.